The van der Waals surface area contributed by atoms with Gasteiger partial charge in [0.1, 0.15) is 12.2 Å². The first kappa shape index (κ1) is 11.3. The standard InChI is InChI=1S/C12H19N3O/c1-9(2)7-15-12(13-8-14-15)6-10-3-4-11(16)5-10/h5,8-9,11,16H,3-4,6-7H2,1-2H3. The summed E-state index contributed by atoms with van der Waals surface area (Å²) in [6, 6.07) is 0. The van der Waals surface area contributed by atoms with E-state index in [1.165, 1.54) is 5.57 Å². The maximum atomic E-state index is 9.42. The Labute approximate surface area is 96.0 Å². The Morgan fingerprint density at radius 3 is 3.00 bits per heavy atom. The number of rotatable bonds is 4. The molecule has 0 saturated heterocycles. The van der Waals surface area contributed by atoms with Crippen molar-refractivity contribution in [3.63, 3.8) is 0 Å². The van der Waals surface area contributed by atoms with Crippen molar-refractivity contribution in [3.8, 4) is 0 Å². The molecule has 1 aliphatic rings. The van der Waals surface area contributed by atoms with Gasteiger partial charge in [-0.15, -0.1) is 0 Å². The highest BCUT2D eigenvalue weighted by molar-refractivity contribution is 5.16. The number of hydrogen-bond acceptors (Lipinski definition) is 3. The van der Waals surface area contributed by atoms with Crippen molar-refractivity contribution >= 4 is 0 Å². The van der Waals surface area contributed by atoms with Crippen molar-refractivity contribution in [2.24, 2.45) is 5.92 Å². The number of aliphatic hydroxyl groups excluding tert-OH is 1. The zero-order chi connectivity index (χ0) is 11.5. The van der Waals surface area contributed by atoms with E-state index in [2.05, 4.69) is 23.9 Å². The lowest BCUT2D eigenvalue weighted by Crippen LogP contribution is -2.10. The Kier molecular flexibility index (Phi) is 3.39. The van der Waals surface area contributed by atoms with Gasteiger partial charge in [0.05, 0.1) is 6.10 Å². The number of aliphatic hydroxyl groups is 1. The minimum Gasteiger partial charge on any atom is -0.389 e. The molecule has 0 amide bonds. The normalized spacial score (nSPS) is 20.5. The van der Waals surface area contributed by atoms with E-state index in [4.69, 9.17) is 0 Å². The van der Waals surface area contributed by atoms with Gasteiger partial charge in [0.2, 0.25) is 0 Å². The molecule has 16 heavy (non-hydrogen) atoms. The lowest BCUT2D eigenvalue weighted by Gasteiger charge is -2.08. The zero-order valence-electron chi connectivity index (χ0n) is 9.93. The van der Waals surface area contributed by atoms with Crippen LogP contribution in [0, 0.1) is 5.92 Å². The van der Waals surface area contributed by atoms with Gasteiger partial charge in [-0.25, -0.2) is 9.67 Å². The number of aromatic nitrogens is 3. The smallest absolute Gasteiger partial charge is 0.138 e. The largest absolute Gasteiger partial charge is 0.389 e. The maximum Gasteiger partial charge on any atom is 0.138 e. The van der Waals surface area contributed by atoms with Gasteiger partial charge in [0.25, 0.3) is 0 Å². The molecule has 1 aromatic rings. The highest BCUT2D eigenvalue weighted by atomic mass is 16.3. The minimum atomic E-state index is -0.253. The van der Waals surface area contributed by atoms with Crippen molar-refractivity contribution < 1.29 is 5.11 Å². The van der Waals surface area contributed by atoms with Gasteiger partial charge in [-0.2, -0.15) is 5.10 Å². The van der Waals surface area contributed by atoms with Crippen molar-refractivity contribution in [3.05, 3.63) is 23.8 Å². The van der Waals surface area contributed by atoms with Crippen LogP contribution in [0.1, 0.15) is 32.5 Å². The highest BCUT2D eigenvalue weighted by Gasteiger charge is 2.15. The molecule has 1 aliphatic carbocycles. The molecule has 4 heteroatoms. The monoisotopic (exact) mass is 221 g/mol. The van der Waals surface area contributed by atoms with Crippen LogP contribution in [0.25, 0.3) is 0 Å². The third-order valence-electron chi connectivity index (χ3n) is 2.81. The molecule has 0 saturated carbocycles. The molecule has 0 aromatic carbocycles. The van der Waals surface area contributed by atoms with E-state index < -0.39 is 0 Å². The Balaban J connectivity index is 2.04. The molecule has 0 aliphatic heterocycles. The average molecular weight is 221 g/mol. The zero-order valence-corrected chi connectivity index (χ0v) is 9.93. The van der Waals surface area contributed by atoms with Gasteiger partial charge >= 0.3 is 0 Å². The number of hydrogen-bond donors (Lipinski definition) is 1. The minimum absolute atomic E-state index is 0.253. The van der Waals surface area contributed by atoms with Gasteiger partial charge in [-0.3, -0.25) is 0 Å². The predicted octanol–water partition coefficient (Wildman–Crippen LogP) is 1.56. The Hall–Kier alpha value is -1.16. The van der Waals surface area contributed by atoms with Crippen molar-refractivity contribution in [1.29, 1.82) is 0 Å². The van der Waals surface area contributed by atoms with E-state index in [1.807, 2.05) is 10.8 Å². The molecule has 1 aromatic heterocycles. The first-order valence-corrected chi connectivity index (χ1v) is 5.89. The summed E-state index contributed by atoms with van der Waals surface area (Å²) in [5.74, 6) is 1.58. The second kappa shape index (κ2) is 4.78. The van der Waals surface area contributed by atoms with Crippen LogP contribution < -0.4 is 0 Å². The highest BCUT2D eigenvalue weighted by Crippen LogP contribution is 2.21. The van der Waals surface area contributed by atoms with Gasteiger partial charge in [0.15, 0.2) is 0 Å². The molecular weight excluding hydrogens is 202 g/mol. The van der Waals surface area contributed by atoms with Crippen LogP contribution in [0.4, 0.5) is 0 Å². The van der Waals surface area contributed by atoms with Crippen LogP contribution in [0.3, 0.4) is 0 Å². The number of allylic oxidation sites excluding steroid dienone is 1. The van der Waals surface area contributed by atoms with E-state index in [0.29, 0.717) is 5.92 Å². The van der Waals surface area contributed by atoms with Crippen LogP contribution in [0.15, 0.2) is 18.0 Å². The van der Waals surface area contributed by atoms with E-state index >= 15 is 0 Å². The second-order valence-corrected chi connectivity index (χ2v) is 4.86. The van der Waals surface area contributed by atoms with Gasteiger partial charge in [0, 0.05) is 13.0 Å². The summed E-state index contributed by atoms with van der Waals surface area (Å²) < 4.78 is 1.97. The fourth-order valence-corrected chi connectivity index (χ4v) is 2.05. The molecule has 0 fully saturated rings. The summed E-state index contributed by atoms with van der Waals surface area (Å²) in [6.07, 6.45) is 5.97. The summed E-state index contributed by atoms with van der Waals surface area (Å²) >= 11 is 0. The van der Waals surface area contributed by atoms with Crippen LogP contribution in [-0.4, -0.2) is 26.0 Å². The van der Waals surface area contributed by atoms with Gasteiger partial charge in [-0.1, -0.05) is 25.5 Å². The van der Waals surface area contributed by atoms with E-state index in [0.717, 1.165) is 31.6 Å². The summed E-state index contributed by atoms with van der Waals surface area (Å²) in [7, 11) is 0. The van der Waals surface area contributed by atoms with Crippen molar-refractivity contribution in [2.75, 3.05) is 0 Å². The lowest BCUT2D eigenvalue weighted by molar-refractivity contribution is 0.223. The fourth-order valence-electron chi connectivity index (χ4n) is 2.05. The van der Waals surface area contributed by atoms with Crippen LogP contribution in [0.5, 0.6) is 0 Å². The van der Waals surface area contributed by atoms with Gasteiger partial charge in [-0.05, 0) is 18.8 Å². The van der Waals surface area contributed by atoms with Gasteiger partial charge < -0.3 is 5.11 Å². The molecular formula is C12H19N3O. The molecule has 2 rings (SSSR count). The lowest BCUT2D eigenvalue weighted by atomic mass is 10.1. The molecule has 4 nitrogen and oxygen atoms in total. The first-order valence-electron chi connectivity index (χ1n) is 5.89. The summed E-state index contributed by atoms with van der Waals surface area (Å²) in [6.45, 7) is 5.25. The van der Waals surface area contributed by atoms with E-state index in [1.54, 1.807) is 6.33 Å². The Morgan fingerprint density at radius 1 is 1.56 bits per heavy atom. The third-order valence-corrected chi connectivity index (χ3v) is 2.81. The van der Waals surface area contributed by atoms with E-state index in [9.17, 15) is 5.11 Å². The predicted molar refractivity (Wildman–Crippen MR) is 61.9 cm³/mol. The summed E-state index contributed by atoms with van der Waals surface area (Å²) in [5.41, 5.74) is 1.28. The number of nitrogens with zero attached hydrogens (tertiary/aromatic N) is 3. The molecule has 1 atom stereocenters. The van der Waals surface area contributed by atoms with Crippen LogP contribution in [-0.2, 0) is 13.0 Å². The molecule has 1 heterocycles. The SMILES string of the molecule is CC(C)Cn1ncnc1CC1=CC(O)CC1. The molecule has 0 bridgehead atoms. The Bertz CT molecular complexity index is 381. The van der Waals surface area contributed by atoms with E-state index in [-0.39, 0.29) is 6.10 Å². The third kappa shape index (κ3) is 2.70. The molecule has 1 N–H and O–H groups in total. The van der Waals surface area contributed by atoms with Crippen LogP contribution in [0.2, 0.25) is 0 Å². The van der Waals surface area contributed by atoms with Crippen molar-refractivity contribution in [1.82, 2.24) is 14.8 Å². The Morgan fingerprint density at radius 2 is 2.38 bits per heavy atom. The topological polar surface area (TPSA) is 50.9 Å². The molecule has 1 unspecified atom stereocenters. The van der Waals surface area contributed by atoms with Crippen molar-refractivity contribution in [2.45, 2.75) is 45.8 Å². The quantitative estimate of drug-likeness (QED) is 0.785. The second-order valence-electron chi connectivity index (χ2n) is 4.86. The van der Waals surface area contributed by atoms with Crippen LogP contribution >= 0.6 is 0 Å². The maximum absolute atomic E-state index is 9.42. The average Bonchev–Trinajstić information content (AvgIpc) is 2.77. The molecule has 0 spiro atoms. The summed E-state index contributed by atoms with van der Waals surface area (Å²) in [4.78, 5) is 4.29. The molecule has 88 valence electrons. The molecule has 0 radical (unpaired) electrons. The first-order chi connectivity index (χ1) is 7.65. The summed E-state index contributed by atoms with van der Waals surface area (Å²) in [5, 5.41) is 13.7. The fraction of sp³-hybridized carbons (Fsp3) is 0.667.